The summed E-state index contributed by atoms with van der Waals surface area (Å²) in [6.07, 6.45) is 12.6. The molecule has 12 heteroatoms. The van der Waals surface area contributed by atoms with Crippen LogP contribution in [0.15, 0.2) is 103 Å². The summed E-state index contributed by atoms with van der Waals surface area (Å²) in [7, 11) is -3.60. The van der Waals surface area contributed by atoms with E-state index in [4.69, 9.17) is 32.5 Å². The maximum atomic E-state index is 14.9. The number of hydrogen-bond acceptors (Lipinski definition) is 9. The average Bonchev–Trinajstić information content (AvgIpc) is 1.99. The molecule has 85 heavy (non-hydrogen) atoms. The van der Waals surface area contributed by atoms with Gasteiger partial charge in [-0.05, 0) is 178 Å². The van der Waals surface area contributed by atoms with Crippen molar-refractivity contribution in [2.24, 2.45) is 17.3 Å². The zero-order chi connectivity index (χ0) is 62.7. The van der Waals surface area contributed by atoms with Crippen LogP contribution in [0.3, 0.4) is 0 Å². The Kier molecular flexibility index (Phi) is 27.4. The van der Waals surface area contributed by atoms with Crippen molar-refractivity contribution in [1.82, 2.24) is 0 Å². The first-order valence-electron chi connectivity index (χ1n) is 32.7. The van der Waals surface area contributed by atoms with Crippen molar-refractivity contribution in [2.45, 2.75) is 238 Å². The second kappa shape index (κ2) is 32.4. The summed E-state index contributed by atoms with van der Waals surface area (Å²) in [6, 6.07) is 38.0. The molecular formula is C73H116O9Si3. The molecule has 6 atom stereocenters. The quantitative estimate of drug-likeness (QED) is 0.0188. The highest BCUT2D eigenvalue weighted by Gasteiger charge is 2.49. The second-order valence-corrected chi connectivity index (χ2v) is 44.4. The Morgan fingerprint density at radius 3 is 1.46 bits per heavy atom. The fraction of sp³-hybridized carbons (Fsp3) is 0.644. The van der Waals surface area contributed by atoms with Gasteiger partial charge in [0.25, 0.3) is 0 Å². The van der Waals surface area contributed by atoms with E-state index < -0.39 is 41.5 Å². The van der Waals surface area contributed by atoms with Crippen molar-refractivity contribution in [2.75, 3.05) is 46.8 Å². The fourth-order valence-electron chi connectivity index (χ4n) is 11.5. The second-order valence-electron chi connectivity index (χ2n) is 29.7. The number of unbranched alkanes of at least 4 members (excludes halogenated alkanes) is 6. The third-order valence-electron chi connectivity index (χ3n) is 19.4. The topological polar surface area (TPSA) is 102 Å². The summed E-state index contributed by atoms with van der Waals surface area (Å²) in [5.74, 6) is 1.17. The lowest BCUT2D eigenvalue weighted by Gasteiger charge is -2.44. The zero-order valence-electron chi connectivity index (χ0n) is 56.5. The van der Waals surface area contributed by atoms with Crippen molar-refractivity contribution < 1.29 is 42.1 Å². The molecule has 1 fully saturated rings. The highest BCUT2D eigenvalue weighted by molar-refractivity contribution is 6.88. The van der Waals surface area contributed by atoms with Crippen LogP contribution in [0.1, 0.15) is 193 Å². The molecule has 4 aromatic rings. The van der Waals surface area contributed by atoms with Gasteiger partial charge in [0.05, 0.1) is 46.3 Å². The fourth-order valence-corrected chi connectivity index (χ4v) is 14.8. The van der Waals surface area contributed by atoms with Crippen LogP contribution in [0.5, 0.6) is 11.5 Å². The predicted octanol–water partition coefficient (Wildman–Crippen LogP) is 18.8. The van der Waals surface area contributed by atoms with Crippen molar-refractivity contribution in [3.8, 4) is 11.5 Å². The third kappa shape index (κ3) is 22.2. The lowest BCUT2D eigenvalue weighted by Crippen LogP contribution is -2.42. The third-order valence-corrected chi connectivity index (χ3v) is 30.5. The molecular weight excluding hydrogens is 1110 g/mol. The van der Waals surface area contributed by atoms with Gasteiger partial charge in [0, 0.05) is 18.6 Å². The van der Waals surface area contributed by atoms with E-state index >= 15 is 0 Å². The normalized spacial score (nSPS) is 16.4. The summed E-state index contributed by atoms with van der Waals surface area (Å²) < 4.78 is 43.0. The van der Waals surface area contributed by atoms with Gasteiger partial charge in [-0.1, -0.05) is 185 Å². The van der Waals surface area contributed by atoms with Crippen LogP contribution in [0, 0.1) is 17.3 Å². The van der Waals surface area contributed by atoms with Crippen molar-refractivity contribution in [1.29, 1.82) is 0 Å². The molecule has 0 N–H and O–H groups in total. The van der Waals surface area contributed by atoms with E-state index in [1.807, 2.05) is 13.8 Å². The molecule has 0 aliphatic carbocycles. The van der Waals surface area contributed by atoms with E-state index in [1.54, 1.807) is 0 Å². The highest BCUT2D eigenvalue weighted by atomic mass is 28.4. The maximum absolute atomic E-state index is 14.9. The van der Waals surface area contributed by atoms with E-state index in [0.717, 1.165) is 106 Å². The molecule has 0 saturated carbocycles. The molecule has 1 aliphatic heterocycles. The van der Waals surface area contributed by atoms with Gasteiger partial charge in [0.2, 0.25) is 0 Å². The first kappa shape index (κ1) is 71.7. The number of methoxy groups -OCH3 is 1. The Morgan fingerprint density at radius 2 is 1.04 bits per heavy atom. The number of carbonyl (C=O) groups is 2. The molecule has 474 valence electrons. The SMILES string of the molecule is CCC(C)CC(CC(CC(CC(C)(CC(C)C(=O)OCC1CO1)C(=O)OC)(c1ccc(OCCCCCCO[Si](C)(C)C(C)(C)C)cc1)c1ccc(OCCCCCCO[Si](C)(C)C(C)(C)C)cc1)c1ccccc1)c1ccc([Si](C)(C)C)cc1. The van der Waals surface area contributed by atoms with E-state index in [-0.39, 0.29) is 53.0 Å². The minimum atomic E-state index is -1.76. The summed E-state index contributed by atoms with van der Waals surface area (Å²) in [5, 5.41) is 1.87. The molecule has 0 amide bonds. The van der Waals surface area contributed by atoms with E-state index in [2.05, 4.69) is 204 Å². The summed E-state index contributed by atoms with van der Waals surface area (Å²) in [4.78, 5) is 28.7. The number of ether oxygens (including phenoxy) is 5. The number of esters is 2. The van der Waals surface area contributed by atoms with E-state index in [9.17, 15) is 9.59 Å². The highest BCUT2D eigenvalue weighted by Crippen LogP contribution is 2.53. The van der Waals surface area contributed by atoms with Crippen LogP contribution in [0.2, 0.25) is 55.9 Å². The lowest BCUT2D eigenvalue weighted by atomic mass is 9.58. The van der Waals surface area contributed by atoms with E-state index in [1.165, 1.54) is 23.4 Å². The van der Waals surface area contributed by atoms with Crippen LogP contribution < -0.4 is 14.7 Å². The summed E-state index contributed by atoms with van der Waals surface area (Å²) >= 11 is 0. The lowest BCUT2D eigenvalue weighted by molar-refractivity contribution is -0.157. The molecule has 1 aliphatic rings. The van der Waals surface area contributed by atoms with Gasteiger partial charge < -0.3 is 32.5 Å². The van der Waals surface area contributed by atoms with Gasteiger partial charge in [0.15, 0.2) is 16.6 Å². The minimum Gasteiger partial charge on any atom is -0.494 e. The molecule has 4 aromatic carbocycles. The number of benzene rings is 4. The number of hydrogen-bond donors (Lipinski definition) is 0. The van der Waals surface area contributed by atoms with Crippen LogP contribution in [0.25, 0.3) is 0 Å². The van der Waals surface area contributed by atoms with Gasteiger partial charge in [0.1, 0.15) is 24.2 Å². The predicted molar refractivity (Wildman–Crippen MR) is 362 cm³/mol. The Bertz CT molecular complexity index is 2490. The molecule has 0 radical (unpaired) electrons. The minimum absolute atomic E-state index is 0.0427. The molecule has 0 aromatic heterocycles. The summed E-state index contributed by atoms with van der Waals surface area (Å²) in [6.45, 7) is 42.6. The molecule has 0 bridgehead atoms. The number of epoxide rings is 1. The number of carbonyl (C=O) groups excluding carboxylic acids is 2. The summed E-state index contributed by atoms with van der Waals surface area (Å²) in [5.41, 5.74) is 2.85. The largest absolute Gasteiger partial charge is 0.494 e. The Labute approximate surface area is 520 Å². The molecule has 0 spiro atoms. The van der Waals surface area contributed by atoms with Gasteiger partial charge in [-0.15, -0.1) is 0 Å². The molecule has 1 saturated heterocycles. The van der Waals surface area contributed by atoms with Crippen LogP contribution in [-0.4, -0.2) is 89.5 Å². The molecule has 1 heterocycles. The Morgan fingerprint density at radius 1 is 0.576 bits per heavy atom. The molecule has 5 rings (SSSR count). The van der Waals surface area contributed by atoms with Gasteiger partial charge in [-0.3, -0.25) is 9.59 Å². The van der Waals surface area contributed by atoms with Crippen LogP contribution in [0.4, 0.5) is 0 Å². The van der Waals surface area contributed by atoms with E-state index in [0.29, 0.717) is 38.6 Å². The molecule has 6 unspecified atom stereocenters. The van der Waals surface area contributed by atoms with Crippen molar-refractivity contribution >= 4 is 41.8 Å². The van der Waals surface area contributed by atoms with Crippen molar-refractivity contribution in [3.63, 3.8) is 0 Å². The number of rotatable bonds is 38. The maximum Gasteiger partial charge on any atom is 0.311 e. The van der Waals surface area contributed by atoms with Gasteiger partial charge in [-0.25, -0.2) is 0 Å². The Balaban J connectivity index is 1.57. The van der Waals surface area contributed by atoms with Crippen LogP contribution >= 0.6 is 0 Å². The standard InChI is InChI=1S/C73H116O9Si3/c1-19-56(2)49-60(59-33-43-67(44-34-59)83(12,13)14)50-61(58-31-25-24-26-32-58)52-73(55-72(10,69(75)76-11)51-57(3)68(74)80-54-66-53-79-66,62-35-39-64(40-36-62)77-45-27-20-22-29-47-81-84(15,16)70(4,5)6)63-37-41-65(42-38-63)78-46-28-21-23-30-48-82-85(17,18)71(7,8)9/h24-26,31-44,56-57,60-61,66H,19-23,27-30,45-55H2,1-18H3. The smallest absolute Gasteiger partial charge is 0.311 e. The first-order chi connectivity index (χ1) is 39.9. The molecule has 9 nitrogen and oxygen atoms in total. The van der Waals surface area contributed by atoms with Crippen LogP contribution in [-0.2, 0) is 38.1 Å². The monoisotopic (exact) mass is 1220 g/mol. The van der Waals surface area contributed by atoms with Gasteiger partial charge >= 0.3 is 11.9 Å². The van der Waals surface area contributed by atoms with Crippen molar-refractivity contribution in [3.05, 3.63) is 125 Å². The van der Waals surface area contributed by atoms with Gasteiger partial charge in [-0.2, -0.15) is 0 Å². The first-order valence-corrected chi connectivity index (χ1v) is 42.0. The average molecular weight is 1220 g/mol. The Hall–Kier alpha value is -4.05. The zero-order valence-corrected chi connectivity index (χ0v) is 59.5.